The minimum atomic E-state index is 0.0704. The van der Waals surface area contributed by atoms with E-state index in [0.717, 1.165) is 13.0 Å². The summed E-state index contributed by atoms with van der Waals surface area (Å²) in [6.07, 6.45) is 0.906. The quantitative estimate of drug-likeness (QED) is 0.769. The Bertz CT molecular complexity index is 253. The van der Waals surface area contributed by atoms with Gasteiger partial charge in [0.25, 0.3) is 0 Å². The molecule has 1 saturated heterocycles. The molecule has 0 aromatic heterocycles. The Labute approximate surface area is 96.3 Å². The molecule has 1 aliphatic rings. The van der Waals surface area contributed by atoms with E-state index in [4.69, 9.17) is 11.6 Å². The van der Waals surface area contributed by atoms with Crippen molar-refractivity contribution in [3.05, 3.63) is 11.6 Å². The van der Waals surface area contributed by atoms with E-state index in [2.05, 4.69) is 31.1 Å². The van der Waals surface area contributed by atoms with E-state index in [1.54, 1.807) is 0 Å². The van der Waals surface area contributed by atoms with Gasteiger partial charge in [0, 0.05) is 11.1 Å². The molecular weight excluding hydrogens is 212 g/mol. The number of hydrogen-bond donors (Lipinski definition) is 2. The van der Waals surface area contributed by atoms with Crippen LogP contribution in [0.15, 0.2) is 11.6 Å². The molecule has 1 aliphatic heterocycles. The summed E-state index contributed by atoms with van der Waals surface area (Å²) in [5, 5.41) is 6.62. The maximum atomic E-state index is 11.8. The highest BCUT2D eigenvalue weighted by molar-refractivity contribution is 6.29. The van der Waals surface area contributed by atoms with Gasteiger partial charge in [-0.05, 0) is 18.9 Å². The van der Waals surface area contributed by atoms with Crippen LogP contribution in [0.25, 0.3) is 0 Å². The van der Waals surface area contributed by atoms with Crippen LogP contribution >= 0.6 is 11.6 Å². The summed E-state index contributed by atoms with van der Waals surface area (Å²) < 4.78 is 0. The summed E-state index contributed by atoms with van der Waals surface area (Å²) in [6, 6.07) is 0.286. The van der Waals surface area contributed by atoms with Crippen molar-refractivity contribution < 1.29 is 4.79 Å². The van der Waals surface area contributed by atoms with Gasteiger partial charge in [0.2, 0.25) is 5.91 Å². The predicted molar refractivity (Wildman–Crippen MR) is 62.7 cm³/mol. The second-order valence-corrected chi connectivity index (χ2v) is 4.89. The van der Waals surface area contributed by atoms with Gasteiger partial charge < -0.3 is 10.6 Å². The molecule has 0 aromatic carbocycles. The molecule has 1 fully saturated rings. The number of rotatable bonds is 4. The van der Waals surface area contributed by atoms with Crippen LogP contribution in [0.5, 0.6) is 0 Å². The maximum Gasteiger partial charge on any atom is 0.225 e. The Kier molecular flexibility index (Phi) is 4.61. The highest BCUT2D eigenvalue weighted by Gasteiger charge is 2.34. The molecule has 2 N–H and O–H groups in total. The lowest BCUT2D eigenvalue weighted by Crippen LogP contribution is -2.41. The van der Waals surface area contributed by atoms with E-state index in [1.807, 2.05) is 0 Å². The van der Waals surface area contributed by atoms with Crippen molar-refractivity contribution in [1.29, 1.82) is 0 Å². The molecule has 0 bridgehead atoms. The van der Waals surface area contributed by atoms with Crippen molar-refractivity contribution in [1.82, 2.24) is 10.6 Å². The molecule has 86 valence electrons. The SMILES string of the molecule is C=C(Cl)CNC(=O)C1CCNC1C(C)C. The molecule has 0 spiro atoms. The molecule has 4 heteroatoms. The smallest absolute Gasteiger partial charge is 0.225 e. The first kappa shape index (κ1) is 12.5. The van der Waals surface area contributed by atoms with E-state index < -0.39 is 0 Å². The maximum absolute atomic E-state index is 11.8. The van der Waals surface area contributed by atoms with Gasteiger partial charge in [0.15, 0.2) is 0 Å². The van der Waals surface area contributed by atoms with Gasteiger partial charge in [-0.1, -0.05) is 32.0 Å². The average molecular weight is 231 g/mol. The monoisotopic (exact) mass is 230 g/mol. The van der Waals surface area contributed by atoms with Crippen molar-refractivity contribution in [2.75, 3.05) is 13.1 Å². The van der Waals surface area contributed by atoms with Crippen LogP contribution in [-0.4, -0.2) is 25.0 Å². The minimum absolute atomic E-state index is 0.0704. The third kappa shape index (κ3) is 3.50. The van der Waals surface area contributed by atoms with E-state index in [0.29, 0.717) is 17.5 Å². The zero-order chi connectivity index (χ0) is 11.4. The first-order chi connectivity index (χ1) is 7.02. The molecule has 0 aromatic rings. The second kappa shape index (κ2) is 5.52. The topological polar surface area (TPSA) is 41.1 Å². The number of halogens is 1. The first-order valence-electron chi connectivity index (χ1n) is 5.36. The Morgan fingerprint density at radius 3 is 2.87 bits per heavy atom. The molecule has 1 amide bonds. The lowest BCUT2D eigenvalue weighted by molar-refractivity contribution is -0.125. The molecule has 1 heterocycles. The fraction of sp³-hybridized carbons (Fsp3) is 0.727. The Morgan fingerprint density at radius 1 is 1.67 bits per heavy atom. The fourth-order valence-electron chi connectivity index (χ4n) is 2.04. The van der Waals surface area contributed by atoms with E-state index >= 15 is 0 Å². The molecule has 0 aliphatic carbocycles. The molecular formula is C11H19ClN2O. The van der Waals surface area contributed by atoms with E-state index in [1.165, 1.54) is 0 Å². The van der Waals surface area contributed by atoms with Crippen LogP contribution in [0, 0.1) is 11.8 Å². The van der Waals surface area contributed by atoms with Gasteiger partial charge in [-0.25, -0.2) is 0 Å². The Hall–Kier alpha value is -0.540. The molecule has 3 nitrogen and oxygen atoms in total. The van der Waals surface area contributed by atoms with Crippen LogP contribution in [-0.2, 0) is 4.79 Å². The van der Waals surface area contributed by atoms with Gasteiger partial charge in [-0.3, -0.25) is 4.79 Å². The Balaban J connectivity index is 2.47. The number of carbonyl (C=O) groups is 1. The normalized spacial score (nSPS) is 25.6. The lowest BCUT2D eigenvalue weighted by atomic mass is 9.91. The van der Waals surface area contributed by atoms with Crippen LogP contribution in [0.4, 0.5) is 0 Å². The van der Waals surface area contributed by atoms with Crippen molar-refractivity contribution in [2.45, 2.75) is 26.3 Å². The number of nitrogens with one attached hydrogen (secondary N) is 2. The zero-order valence-corrected chi connectivity index (χ0v) is 10.1. The lowest BCUT2D eigenvalue weighted by Gasteiger charge is -2.22. The molecule has 15 heavy (non-hydrogen) atoms. The summed E-state index contributed by atoms with van der Waals surface area (Å²) in [5.74, 6) is 0.629. The molecule has 0 saturated carbocycles. The number of amides is 1. The number of hydrogen-bond acceptors (Lipinski definition) is 2. The largest absolute Gasteiger partial charge is 0.351 e. The van der Waals surface area contributed by atoms with Gasteiger partial charge in [-0.2, -0.15) is 0 Å². The van der Waals surface area contributed by atoms with Crippen LogP contribution < -0.4 is 10.6 Å². The highest BCUT2D eigenvalue weighted by atomic mass is 35.5. The molecule has 0 radical (unpaired) electrons. The highest BCUT2D eigenvalue weighted by Crippen LogP contribution is 2.21. The van der Waals surface area contributed by atoms with Crippen LogP contribution in [0.3, 0.4) is 0 Å². The van der Waals surface area contributed by atoms with E-state index in [9.17, 15) is 4.79 Å². The summed E-state index contributed by atoms with van der Waals surface area (Å²) in [5.41, 5.74) is 0. The molecule has 1 rings (SSSR count). The molecule has 2 unspecified atom stereocenters. The number of carbonyl (C=O) groups excluding carboxylic acids is 1. The van der Waals surface area contributed by atoms with Crippen molar-refractivity contribution in [2.24, 2.45) is 11.8 Å². The van der Waals surface area contributed by atoms with E-state index in [-0.39, 0.29) is 17.9 Å². The zero-order valence-electron chi connectivity index (χ0n) is 9.35. The summed E-state index contributed by atoms with van der Waals surface area (Å²) >= 11 is 5.60. The third-order valence-corrected chi connectivity index (χ3v) is 2.91. The van der Waals surface area contributed by atoms with Gasteiger partial charge in [-0.15, -0.1) is 0 Å². The average Bonchev–Trinajstić information content (AvgIpc) is 2.62. The fourth-order valence-corrected chi connectivity index (χ4v) is 2.10. The standard InChI is InChI=1S/C11H19ClN2O/c1-7(2)10-9(4-5-13-10)11(15)14-6-8(3)12/h7,9-10,13H,3-6H2,1-2H3,(H,14,15). The van der Waals surface area contributed by atoms with Crippen LogP contribution in [0.1, 0.15) is 20.3 Å². The van der Waals surface area contributed by atoms with Crippen LogP contribution in [0.2, 0.25) is 0 Å². The first-order valence-corrected chi connectivity index (χ1v) is 5.74. The summed E-state index contributed by atoms with van der Waals surface area (Å²) in [6.45, 7) is 9.08. The minimum Gasteiger partial charge on any atom is -0.351 e. The third-order valence-electron chi connectivity index (χ3n) is 2.78. The van der Waals surface area contributed by atoms with Gasteiger partial charge >= 0.3 is 0 Å². The second-order valence-electron chi connectivity index (χ2n) is 4.35. The summed E-state index contributed by atoms with van der Waals surface area (Å²) in [4.78, 5) is 11.8. The van der Waals surface area contributed by atoms with Gasteiger partial charge in [0.1, 0.15) is 0 Å². The van der Waals surface area contributed by atoms with Crippen molar-refractivity contribution >= 4 is 17.5 Å². The van der Waals surface area contributed by atoms with Crippen molar-refractivity contribution in [3.8, 4) is 0 Å². The summed E-state index contributed by atoms with van der Waals surface area (Å²) in [7, 11) is 0. The predicted octanol–water partition coefficient (Wildman–Crippen LogP) is 1.49. The molecule has 2 atom stereocenters. The van der Waals surface area contributed by atoms with Crippen molar-refractivity contribution in [3.63, 3.8) is 0 Å². The Morgan fingerprint density at radius 2 is 2.33 bits per heavy atom. The van der Waals surface area contributed by atoms with Gasteiger partial charge in [0.05, 0.1) is 12.5 Å².